The third kappa shape index (κ3) is 2.95. The molecule has 0 unspecified atom stereocenters. The molecule has 0 aliphatic carbocycles. The van der Waals surface area contributed by atoms with Crippen LogP contribution in [0.5, 0.6) is 0 Å². The highest BCUT2D eigenvalue weighted by atomic mass is 32.1. The van der Waals surface area contributed by atoms with Crippen molar-refractivity contribution in [2.75, 3.05) is 7.11 Å². The number of imidazole rings is 1. The average molecular weight is 242 g/mol. The highest BCUT2D eigenvalue weighted by Crippen LogP contribution is 2.24. The zero-order valence-corrected chi connectivity index (χ0v) is 11.9. The van der Waals surface area contributed by atoms with Crippen LogP contribution in [0, 0.1) is 4.77 Å². The van der Waals surface area contributed by atoms with Crippen LogP contribution in [0.15, 0.2) is 6.20 Å². The molecule has 1 N–H and O–H groups in total. The molecule has 0 radical (unpaired) electrons. The third-order valence-electron chi connectivity index (χ3n) is 2.73. The summed E-state index contributed by atoms with van der Waals surface area (Å²) in [4.78, 5) is 3.11. The summed E-state index contributed by atoms with van der Waals surface area (Å²) in [6.45, 7) is 11.4. The Balaban J connectivity index is 3.14. The molecule has 0 atom stereocenters. The van der Waals surface area contributed by atoms with Crippen molar-refractivity contribution in [3.8, 4) is 0 Å². The van der Waals surface area contributed by atoms with Crippen molar-refractivity contribution in [2.24, 2.45) is 0 Å². The summed E-state index contributed by atoms with van der Waals surface area (Å²) in [6, 6.07) is 0. The molecular weight excluding hydrogens is 220 g/mol. The highest BCUT2D eigenvalue weighted by molar-refractivity contribution is 7.71. The second-order valence-electron chi connectivity index (χ2n) is 5.78. The van der Waals surface area contributed by atoms with E-state index in [-0.39, 0.29) is 11.0 Å². The Morgan fingerprint density at radius 3 is 2.31 bits per heavy atom. The summed E-state index contributed by atoms with van der Waals surface area (Å²) in [5.74, 6) is 0. The van der Waals surface area contributed by atoms with E-state index in [4.69, 9.17) is 17.0 Å². The van der Waals surface area contributed by atoms with Crippen molar-refractivity contribution in [2.45, 2.75) is 52.2 Å². The van der Waals surface area contributed by atoms with E-state index < -0.39 is 0 Å². The molecule has 4 heteroatoms. The van der Waals surface area contributed by atoms with E-state index in [1.807, 2.05) is 6.20 Å². The van der Waals surface area contributed by atoms with Crippen molar-refractivity contribution in [3.63, 3.8) is 0 Å². The maximum Gasteiger partial charge on any atom is 0.177 e. The quantitative estimate of drug-likeness (QED) is 0.824. The molecule has 0 amide bonds. The van der Waals surface area contributed by atoms with E-state index in [1.165, 1.54) is 5.69 Å². The first-order chi connectivity index (χ1) is 7.17. The van der Waals surface area contributed by atoms with Gasteiger partial charge in [0.2, 0.25) is 0 Å². The van der Waals surface area contributed by atoms with Crippen molar-refractivity contribution in [1.82, 2.24) is 9.55 Å². The lowest BCUT2D eigenvalue weighted by atomic mass is 9.92. The Morgan fingerprint density at radius 2 is 1.88 bits per heavy atom. The van der Waals surface area contributed by atoms with E-state index in [2.05, 4.69) is 44.2 Å². The molecule has 1 heterocycles. The molecular formula is C12H22N2OS. The minimum absolute atomic E-state index is 0.0807. The largest absolute Gasteiger partial charge is 0.377 e. The number of methoxy groups -OCH3 is 1. The predicted octanol–water partition coefficient (Wildman–Crippen LogP) is 3.27. The van der Waals surface area contributed by atoms with Gasteiger partial charge in [-0.2, -0.15) is 0 Å². The fourth-order valence-electron chi connectivity index (χ4n) is 1.62. The van der Waals surface area contributed by atoms with E-state index >= 15 is 0 Å². The van der Waals surface area contributed by atoms with Gasteiger partial charge in [0, 0.05) is 24.4 Å². The first-order valence-electron chi connectivity index (χ1n) is 5.51. The van der Waals surface area contributed by atoms with Gasteiger partial charge >= 0.3 is 0 Å². The van der Waals surface area contributed by atoms with Gasteiger partial charge in [-0.15, -0.1) is 0 Å². The second kappa shape index (κ2) is 4.34. The van der Waals surface area contributed by atoms with Gasteiger partial charge in [0.15, 0.2) is 4.77 Å². The molecule has 0 saturated heterocycles. The number of aromatic nitrogens is 2. The fourth-order valence-corrected chi connectivity index (χ4v) is 1.84. The van der Waals surface area contributed by atoms with Gasteiger partial charge in [-0.05, 0) is 26.1 Å². The third-order valence-corrected chi connectivity index (χ3v) is 3.07. The van der Waals surface area contributed by atoms with Crippen molar-refractivity contribution in [3.05, 3.63) is 16.7 Å². The lowest BCUT2D eigenvalue weighted by Crippen LogP contribution is -2.31. The molecule has 0 aliphatic rings. The molecule has 0 bridgehead atoms. The lowest BCUT2D eigenvalue weighted by Gasteiger charge is -2.27. The fraction of sp³-hybridized carbons (Fsp3) is 0.750. The van der Waals surface area contributed by atoms with Gasteiger partial charge in [0.1, 0.15) is 0 Å². The van der Waals surface area contributed by atoms with Crippen LogP contribution in [0.1, 0.15) is 40.3 Å². The van der Waals surface area contributed by atoms with Crippen LogP contribution >= 0.6 is 12.2 Å². The van der Waals surface area contributed by atoms with Crippen LogP contribution in [0.3, 0.4) is 0 Å². The van der Waals surface area contributed by atoms with Crippen LogP contribution < -0.4 is 0 Å². The molecule has 3 nitrogen and oxygen atoms in total. The standard InChI is InChI=1S/C12H22N2OS/c1-11(2,3)9-7-13-10(16)14(9)8-12(4,5)15-6/h7H,8H2,1-6H3,(H,13,16). The molecule has 0 spiro atoms. The van der Waals surface area contributed by atoms with Crippen LogP contribution in [0.4, 0.5) is 0 Å². The predicted molar refractivity (Wildman–Crippen MR) is 69.4 cm³/mol. The van der Waals surface area contributed by atoms with E-state index in [9.17, 15) is 0 Å². The second-order valence-corrected chi connectivity index (χ2v) is 6.17. The van der Waals surface area contributed by atoms with Gasteiger partial charge in [0.25, 0.3) is 0 Å². The van der Waals surface area contributed by atoms with Crippen LogP contribution in [-0.2, 0) is 16.7 Å². The topological polar surface area (TPSA) is 29.9 Å². The van der Waals surface area contributed by atoms with Crippen LogP contribution in [0.2, 0.25) is 0 Å². The molecule has 0 aromatic carbocycles. The zero-order valence-electron chi connectivity index (χ0n) is 11.0. The van der Waals surface area contributed by atoms with Crippen molar-refractivity contribution >= 4 is 12.2 Å². The molecule has 1 rings (SSSR count). The average Bonchev–Trinajstić information content (AvgIpc) is 2.47. The summed E-state index contributed by atoms with van der Waals surface area (Å²) in [5.41, 5.74) is 1.08. The first kappa shape index (κ1) is 13.5. The van der Waals surface area contributed by atoms with Crippen LogP contribution in [0.25, 0.3) is 0 Å². The minimum Gasteiger partial charge on any atom is -0.377 e. The Morgan fingerprint density at radius 1 is 1.31 bits per heavy atom. The molecule has 1 aromatic heterocycles. The lowest BCUT2D eigenvalue weighted by molar-refractivity contribution is 0.00682. The molecule has 92 valence electrons. The maximum absolute atomic E-state index is 5.45. The minimum atomic E-state index is -0.208. The number of hydrogen-bond acceptors (Lipinski definition) is 2. The summed E-state index contributed by atoms with van der Waals surface area (Å²) < 4.78 is 8.34. The number of rotatable bonds is 3. The monoisotopic (exact) mass is 242 g/mol. The summed E-state index contributed by atoms with van der Waals surface area (Å²) in [5, 5.41) is 0. The zero-order chi connectivity index (χ0) is 12.6. The first-order valence-corrected chi connectivity index (χ1v) is 5.92. The van der Waals surface area contributed by atoms with Crippen molar-refractivity contribution in [1.29, 1.82) is 0 Å². The van der Waals surface area contributed by atoms with Gasteiger partial charge in [-0.1, -0.05) is 20.8 Å². The van der Waals surface area contributed by atoms with Gasteiger partial charge in [0.05, 0.1) is 12.1 Å². The Hall–Kier alpha value is -0.610. The van der Waals surface area contributed by atoms with E-state index in [1.54, 1.807) is 7.11 Å². The van der Waals surface area contributed by atoms with Crippen LogP contribution in [-0.4, -0.2) is 22.3 Å². The van der Waals surface area contributed by atoms with Gasteiger partial charge in [-0.3, -0.25) is 0 Å². The normalized spacial score (nSPS) is 13.1. The number of nitrogens with one attached hydrogen (secondary N) is 1. The Labute approximate surface area is 103 Å². The molecule has 0 fully saturated rings. The van der Waals surface area contributed by atoms with Gasteiger partial charge < -0.3 is 14.3 Å². The SMILES string of the molecule is COC(C)(C)Cn1c(C(C)(C)C)c[nH]c1=S. The van der Waals surface area contributed by atoms with E-state index in [0.29, 0.717) is 0 Å². The number of aromatic amines is 1. The molecule has 0 aliphatic heterocycles. The Bertz CT molecular complexity index is 409. The van der Waals surface area contributed by atoms with Crippen molar-refractivity contribution < 1.29 is 4.74 Å². The summed E-state index contributed by atoms with van der Waals surface area (Å²) >= 11 is 5.31. The smallest absolute Gasteiger partial charge is 0.177 e. The summed E-state index contributed by atoms with van der Waals surface area (Å²) in [6.07, 6.45) is 1.99. The summed E-state index contributed by atoms with van der Waals surface area (Å²) in [7, 11) is 1.73. The number of ether oxygens (including phenoxy) is 1. The number of H-pyrrole nitrogens is 1. The Kier molecular flexibility index (Phi) is 3.65. The number of hydrogen-bond donors (Lipinski definition) is 1. The van der Waals surface area contributed by atoms with E-state index in [0.717, 1.165) is 11.3 Å². The van der Waals surface area contributed by atoms with Gasteiger partial charge in [-0.25, -0.2) is 0 Å². The molecule has 0 saturated carbocycles. The number of nitrogens with zero attached hydrogens (tertiary/aromatic N) is 1. The molecule has 1 aromatic rings. The highest BCUT2D eigenvalue weighted by Gasteiger charge is 2.24. The maximum atomic E-state index is 5.45. The molecule has 16 heavy (non-hydrogen) atoms.